The lowest BCUT2D eigenvalue weighted by atomic mass is 9.92. The summed E-state index contributed by atoms with van der Waals surface area (Å²) in [7, 11) is -0.666. The summed E-state index contributed by atoms with van der Waals surface area (Å²) in [5.41, 5.74) is 2.57. The molecule has 0 heterocycles. The zero-order valence-corrected chi connectivity index (χ0v) is 17.5. The van der Waals surface area contributed by atoms with Crippen LogP contribution in [0.25, 0.3) is 0 Å². The number of benzene rings is 4. The van der Waals surface area contributed by atoms with Gasteiger partial charge in [0.25, 0.3) is 0 Å². The van der Waals surface area contributed by atoms with E-state index in [4.69, 9.17) is 0 Å². The highest BCUT2D eigenvalue weighted by atomic mass is 31.1. The molecule has 0 saturated carbocycles. The van der Waals surface area contributed by atoms with E-state index in [2.05, 4.69) is 97.9 Å². The van der Waals surface area contributed by atoms with Crippen molar-refractivity contribution in [2.45, 2.75) is 18.5 Å². The van der Waals surface area contributed by atoms with Crippen molar-refractivity contribution < 1.29 is 5.11 Å². The summed E-state index contributed by atoms with van der Waals surface area (Å²) in [5, 5.41) is 12.4. The Morgan fingerprint density at radius 1 is 0.621 bits per heavy atom. The van der Waals surface area contributed by atoms with Gasteiger partial charge in [-0.15, -0.1) is 0 Å². The summed E-state index contributed by atoms with van der Waals surface area (Å²) in [6.07, 6.45) is 0.896. The molecule has 0 amide bonds. The van der Waals surface area contributed by atoms with Crippen molar-refractivity contribution in [1.82, 2.24) is 0 Å². The first kappa shape index (κ1) is 19.4. The summed E-state index contributed by atoms with van der Waals surface area (Å²) >= 11 is 0. The number of phenols is 1. The Kier molecular flexibility index (Phi) is 5.79. The molecule has 0 bridgehead atoms. The second-order valence-corrected chi connectivity index (χ2v) is 10.2. The second kappa shape index (κ2) is 8.64. The molecule has 0 aliphatic heterocycles. The van der Waals surface area contributed by atoms with Crippen LogP contribution in [0.3, 0.4) is 0 Å². The van der Waals surface area contributed by atoms with Gasteiger partial charge in [0.1, 0.15) is 5.75 Å². The van der Waals surface area contributed by atoms with Crippen LogP contribution in [0.4, 0.5) is 0 Å². The predicted molar refractivity (Wildman–Crippen MR) is 125 cm³/mol. The first-order chi connectivity index (χ1) is 14.2. The normalized spacial score (nSPS) is 13.2. The fourth-order valence-corrected chi connectivity index (χ4v) is 7.12. The van der Waals surface area contributed by atoms with Crippen molar-refractivity contribution in [2.24, 2.45) is 0 Å². The minimum absolute atomic E-state index is 0.101. The van der Waals surface area contributed by atoms with E-state index in [0.717, 1.165) is 6.42 Å². The van der Waals surface area contributed by atoms with Crippen molar-refractivity contribution in [3.05, 3.63) is 126 Å². The zero-order chi connectivity index (χ0) is 20.1. The molecule has 0 spiro atoms. The Morgan fingerprint density at radius 3 is 1.55 bits per heavy atom. The van der Waals surface area contributed by atoms with E-state index in [1.54, 1.807) is 12.1 Å². The van der Waals surface area contributed by atoms with Crippen molar-refractivity contribution in [2.75, 3.05) is 0 Å². The van der Waals surface area contributed by atoms with Gasteiger partial charge in [-0.1, -0.05) is 110 Å². The molecule has 0 fully saturated rings. The molecule has 0 aromatic heterocycles. The molecule has 1 N–H and O–H groups in total. The van der Waals surface area contributed by atoms with Crippen molar-refractivity contribution in [3.8, 4) is 5.75 Å². The Bertz CT molecular complexity index is 991. The molecule has 0 saturated heterocycles. The Hall–Kier alpha value is -2.89. The van der Waals surface area contributed by atoms with E-state index in [-0.39, 0.29) is 5.16 Å². The summed E-state index contributed by atoms with van der Waals surface area (Å²) in [5.74, 6) is 0.309. The molecule has 4 aromatic carbocycles. The third-order valence-electron chi connectivity index (χ3n) is 5.40. The summed E-state index contributed by atoms with van der Waals surface area (Å²) in [6, 6.07) is 40.3. The SMILES string of the molecule is CC(Cc1ccc(O)cc1)(c1ccccc1)P(c1ccccc1)c1ccccc1. The van der Waals surface area contributed by atoms with E-state index in [1.807, 2.05) is 12.1 Å². The molecular formula is C27H25OP. The maximum atomic E-state index is 9.74. The Morgan fingerprint density at radius 2 is 1.07 bits per heavy atom. The van der Waals surface area contributed by atoms with Crippen LogP contribution in [-0.2, 0) is 11.6 Å². The monoisotopic (exact) mass is 396 g/mol. The van der Waals surface area contributed by atoms with Gasteiger partial charge in [-0.25, -0.2) is 0 Å². The van der Waals surface area contributed by atoms with Gasteiger partial charge < -0.3 is 5.11 Å². The smallest absolute Gasteiger partial charge is 0.115 e. The van der Waals surface area contributed by atoms with Crippen molar-refractivity contribution in [3.63, 3.8) is 0 Å². The topological polar surface area (TPSA) is 20.2 Å². The predicted octanol–water partition coefficient (Wildman–Crippen LogP) is 5.98. The van der Waals surface area contributed by atoms with Gasteiger partial charge in [0.05, 0.1) is 0 Å². The molecule has 1 atom stereocenters. The first-order valence-corrected chi connectivity index (χ1v) is 11.2. The van der Waals surface area contributed by atoms with E-state index in [1.165, 1.54) is 21.7 Å². The van der Waals surface area contributed by atoms with Crippen LogP contribution in [-0.4, -0.2) is 5.11 Å². The van der Waals surface area contributed by atoms with Crippen LogP contribution in [0.5, 0.6) is 5.75 Å². The minimum atomic E-state index is -0.666. The molecule has 0 radical (unpaired) electrons. The molecule has 2 heteroatoms. The third-order valence-corrected chi connectivity index (χ3v) is 8.44. The Labute approximate surface area is 174 Å². The van der Waals surface area contributed by atoms with Gasteiger partial charge in [0.15, 0.2) is 0 Å². The van der Waals surface area contributed by atoms with Crippen LogP contribution in [0, 0.1) is 0 Å². The minimum Gasteiger partial charge on any atom is -0.508 e. The van der Waals surface area contributed by atoms with Gasteiger partial charge in [-0.3, -0.25) is 0 Å². The van der Waals surface area contributed by atoms with Gasteiger partial charge >= 0.3 is 0 Å². The van der Waals surface area contributed by atoms with Crippen LogP contribution < -0.4 is 10.6 Å². The van der Waals surface area contributed by atoms with E-state index >= 15 is 0 Å². The van der Waals surface area contributed by atoms with E-state index in [0.29, 0.717) is 5.75 Å². The molecule has 0 aliphatic carbocycles. The quantitative estimate of drug-likeness (QED) is 0.397. The molecule has 4 rings (SSSR count). The molecule has 0 aliphatic rings. The molecule has 4 aromatic rings. The number of phenolic OH excluding ortho intramolecular Hbond substituents is 1. The van der Waals surface area contributed by atoms with Gasteiger partial charge in [0.2, 0.25) is 0 Å². The fourth-order valence-electron chi connectivity index (χ4n) is 3.99. The number of aromatic hydroxyl groups is 1. The van der Waals surface area contributed by atoms with Crippen LogP contribution in [0.2, 0.25) is 0 Å². The molecular weight excluding hydrogens is 371 g/mol. The highest BCUT2D eigenvalue weighted by Crippen LogP contribution is 2.56. The highest BCUT2D eigenvalue weighted by Gasteiger charge is 2.38. The average molecular weight is 396 g/mol. The van der Waals surface area contributed by atoms with Crippen LogP contribution in [0.15, 0.2) is 115 Å². The van der Waals surface area contributed by atoms with Gasteiger partial charge in [-0.2, -0.15) is 0 Å². The number of rotatable bonds is 6. The van der Waals surface area contributed by atoms with Crippen molar-refractivity contribution >= 4 is 18.5 Å². The molecule has 1 unspecified atom stereocenters. The standard InChI is InChI=1S/C27H25OP/c1-27(23-11-5-2-6-12-23,21-22-17-19-24(28)20-18-22)29(25-13-7-3-8-14-25)26-15-9-4-10-16-26/h2-20,28H,21H2,1H3. The van der Waals surface area contributed by atoms with Crippen LogP contribution in [0.1, 0.15) is 18.1 Å². The summed E-state index contributed by atoms with van der Waals surface area (Å²) in [6.45, 7) is 2.39. The van der Waals surface area contributed by atoms with E-state index < -0.39 is 7.92 Å². The lowest BCUT2D eigenvalue weighted by Gasteiger charge is -2.40. The third kappa shape index (κ3) is 4.26. The first-order valence-electron chi connectivity index (χ1n) is 9.90. The molecule has 29 heavy (non-hydrogen) atoms. The fraction of sp³-hybridized carbons (Fsp3) is 0.111. The Balaban J connectivity index is 1.90. The van der Waals surface area contributed by atoms with Crippen LogP contribution >= 0.6 is 7.92 Å². The lowest BCUT2D eigenvalue weighted by molar-refractivity contribution is 0.475. The van der Waals surface area contributed by atoms with E-state index in [9.17, 15) is 5.11 Å². The second-order valence-electron chi connectivity index (χ2n) is 7.49. The molecule has 1 nitrogen and oxygen atoms in total. The maximum absolute atomic E-state index is 9.74. The van der Waals surface area contributed by atoms with Gasteiger partial charge in [-0.05, 0) is 48.2 Å². The largest absolute Gasteiger partial charge is 0.508 e. The van der Waals surface area contributed by atoms with Crippen molar-refractivity contribution in [1.29, 1.82) is 0 Å². The van der Waals surface area contributed by atoms with Gasteiger partial charge in [0, 0.05) is 5.16 Å². The highest BCUT2D eigenvalue weighted by molar-refractivity contribution is 7.74. The lowest BCUT2D eigenvalue weighted by Crippen LogP contribution is -2.32. The number of hydrogen-bond donors (Lipinski definition) is 1. The maximum Gasteiger partial charge on any atom is 0.115 e. The summed E-state index contributed by atoms with van der Waals surface area (Å²) in [4.78, 5) is 0. The zero-order valence-electron chi connectivity index (χ0n) is 16.6. The average Bonchev–Trinajstić information content (AvgIpc) is 2.78. The molecule has 144 valence electrons. The number of hydrogen-bond acceptors (Lipinski definition) is 1. The summed E-state index contributed by atoms with van der Waals surface area (Å²) < 4.78 is 0.